The molecular formula is C24H27F2N5O. The molecule has 6 nitrogen and oxygen atoms in total. The molecule has 2 aliphatic rings. The number of benzene rings is 2. The lowest BCUT2D eigenvalue weighted by atomic mass is 9.95. The van der Waals surface area contributed by atoms with E-state index < -0.39 is 5.82 Å². The molecular weight excluding hydrogens is 412 g/mol. The van der Waals surface area contributed by atoms with Crippen LogP contribution in [0.3, 0.4) is 0 Å². The summed E-state index contributed by atoms with van der Waals surface area (Å²) in [6.07, 6.45) is 1.80. The highest BCUT2D eigenvalue weighted by Gasteiger charge is 2.31. The summed E-state index contributed by atoms with van der Waals surface area (Å²) in [5.74, 6) is -0.215. The zero-order valence-electron chi connectivity index (χ0n) is 18.2. The smallest absolute Gasteiger partial charge is 0.227 e. The predicted molar refractivity (Wildman–Crippen MR) is 120 cm³/mol. The SMILES string of the molecule is CN1CCN(C(=O)[C@@H]2CCCN(c3ccc(F)c(-c4nc5ccc(F)cc5[nH]4)c3)C2)CC1. The van der Waals surface area contributed by atoms with E-state index in [0.717, 1.165) is 51.3 Å². The van der Waals surface area contributed by atoms with Crippen LogP contribution in [0.15, 0.2) is 36.4 Å². The van der Waals surface area contributed by atoms with Gasteiger partial charge in [-0.25, -0.2) is 13.8 Å². The second-order valence-corrected chi connectivity index (χ2v) is 8.82. The van der Waals surface area contributed by atoms with E-state index in [2.05, 4.69) is 26.8 Å². The highest BCUT2D eigenvalue weighted by Crippen LogP contribution is 2.31. The Balaban J connectivity index is 1.37. The van der Waals surface area contributed by atoms with Crippen LogP contribution in [0.4, 0.5) is 14.5 Å². The van der Waals surface area contributed by atoms with Gasteiger partial charge in [0.05, 0.1) is 22.5 Å². The van der Waals surface area contributed by atoms with Gasteiger partial charge in [-0.3, -0.25) is 4.79 Å². The van der Waals surface area contributed by atoms with Gasteiger partial charge in [-0.2, -0.15) is 0 Å². The highest BCUT2D eigenvalue weighted by molar-refractivity contribution is 5.81. The summed E-state index contributed by atoms with van der Waals surface area (Å²) < 4.78 is 28.2. The van der Waals surface area contributed by atoms with E-state index in [4.69, 9.17) is 0 Å². The van der Waals surface area contributed by atoms with E-state index in [1.165, 1.54) is 18.2 Å². The molecule has 2 aromatic carbocycles. The average Bonchev–Trinajstić information content (AvgIpc) is 3.22. The van der Waals surface area contributed by atoms with Gasteiger partial charge in [0.25, 0.3) is 0 Å². The predicted octanol–water partition coefficient (Wildman–Crippen LogP) is 3.50. The molecule has 1 atom stereocenters. The van der Waals surface area contributed by atoms with E-state index in [1.54, 1.807) is 18.2 Å². The Bertz CT molecular complexity index is 1140. The lowest BCUT2D eigenvalue weighted by Crippen LogP contribution is -2.51. The lowest BCUT2D eigenvalue weighted by molar-refractivity contribution is -0.137. The Hall–Kier alpha value is -3.00. The summed E-state index contributed by atoms with van der Waals surface area (Å²) in [4.78, 5) is 26.9. The zero-order chi connectivity index (χ0) is 22.2. The molecule has 1 aromatic heterocycles. The van der Waals surface area contributed by atoms with Crippen LogP contribution in [0.25, 0.3) is 22.4 Å². The normalized spacial score (nSPS) is 20.2. The highest BCUT2D eigenvalue weighted by atomic mass is 19.1. The number of rotatable bonds is 3. The molecule has 0 unspecified atom stereocenters. The van der Waals surface area contributed by atoms with Gasteiger partial charge in [0.2, 0.25) is 5.91 Å². The van der Waals surface area contributed by atoms with Crippen LogP contribution >= 0.6 is 0 Å². The maximum Gasteiger partial charge on any atom is 0.227 e. The average molecular weight is 440 g/mol. The number of anilines is 1. The standard InChI is InChI=1S/C24H27F2N5O/c1-29-9-11-30(12-10-29)24(32)16-3-2-8-31(15-16)18-5-6-20(26)19(14-18)23-27-21-7-4-17(25)13-22(21)28-23/h4-7,13-14,16H,2-3,8-12,15H2,1H3,(H,27,28)/t16-/m1/s1. The Morgan fingerprint density at radius 1 is 1.06 bits per heavy atom. The Labute approximate surface area is 185 Å². The molecule has 0 bridgehead atoms. The first-order valence-electron chi connectivity index (χ1n) is 11.2. The molecule has 2 saturated heterocycles. The quantitative estimate of drug-likeness (QED) is 0.679. The first kappa shape index (κ1) is 20.9. The van der Waals surface area contributed by atoms with Gasteiger partial charge in [-0.15, -0.1) is 0 Å². The van der Waals surface area contributed by atoms with E-state index in [0.29, 0.717) is 29.0 Å². The summed E-state index contributed by atoms with van der Waals surface area (Å²) in [6.45, 7) is 4.82. The van der Waals surface area contributed by atoms with Crippen molar-refractivity contribution in [2.24, 2.45) is 5.92 Å². The summed E-state index contributed by atoms with van der Waals surface area (Å²) >= 11 is 0. The molecule has 2 fully saturated rings. The second-order valence-electron chi connectivity index (χ2n) is 8.82. The Kier molecular flexibility index (Phi) is 5.55. The number of imidazole rings is 1. The number of carbonyl (C=O) groups is 1. The summed E-state index contributed by atoms with van der Waals surface area (Å²) in [5, 5.41) is 0. The van der Waals surface area contributed by atoms with Gasteiger partial charge in [0.15, 0.2) is 0 Å². The number of nitrogens with zero attached hydrogens (tertiary/aromatic N) is 4. The minimum absolute atomic E-state index is 0.0464. The molecule has 3 heterocycles. The first-order chi connectivity index (χ1) is 15.5. The monoisotopic (exact) mass is 439 g/mol. The third-order valence-electron chi connectivity index (χ3n) is 6.60. The molecule has 1 amide bonds. The number of nitrogens with one attached hydrogen (secondary N) is 1. The van der Waals surface area contributed by atoms with Gasteiger partial charge in [0.1, 0.15) is 17.5 Å². The van der Waals surface area contributed by atoms with Gasteiger partial charge < -0.3 is 19.7 Å². The van der Waals surface area contributed by atoms with Crippen LogP contribution in [0.5, 0.6) is 0 Å². The van der Waals surface area contributed by atoms with Crippen molar-refractivity contribution < 1.29 is 13.6 Å². The fraction of sp³-hybridized carbons (Fsp3) is 0.417. The Morgan fingerprint density at radius 3 is 2.69 bits per heavy atom. The Morgan fingerprint density at radius 2 is 1.88 bits per heavy atom. The topological polar surface area (TPSA) is 55.5 Å². The van der Waals surface area contributed by atoms with Gasteiger partial charge in [0, 0.05) is 45.0 Å². The molecule has 8 heteroatoms. The molecule has 3 aromatic rings. The van der Waals surface area contributed by atoms with Crippen molar-refractivity contribution in [1.29, 1.82) is 0 Å². The van der Waals surface area contributed by atoms with Crippen LogP contribution in [-0.4, -0.2) is 72.0 Å². The molecule has 1 N–H and O–H groups in total. The van der Waals surface area contributed by atoms with E-state index in [1.807, 2.05) is 4.90 Å². The van der Waals surface area contributed by atoms with E-state index in [-0.39, 0.29) is 17.6 Å². The minimum Gasteiger partial charge on any atom is -0.371 e. The van der Waals surface area contributed by atoms with Gasteiger partial charge >= 0.3 is 0 Å². The van der Waals surface area contributed by atoms with Gasteiger partial charge in [-0.05, 0) is 56.3 Å². The number of carbonyl (C=O) groups excluding carboxylic acids is 1. The first-order valence-corrected chi connectivity index (χ1v) is 11.2. The number of fused-ring (bicyclic) bond motifs is 1. The van der Waals surface area contributed by atoms with Crippen LogP contribution in [-0.2, 0) is 4.79 Å². The van der Waals surface area contributed by atoms with Crippen LogP contribution in [0.2, 0.25) is 0 Å². The molecule has 0 radical (unpaired) electrons. The molecule has 168 valence electrons. The number of amides is 1. The van der Waals surface area contributed by atoms with Crippen molar-refractivity contribution in [1.82, 2.24) is 19.8 Å². The fourth-order valence-corrected chi connectivity index (χ4v) is 4.70. The van der Waals surface area contributed by atoms with Crippen molar-refractivity contribution in [3.8, 4) is 11.4 Å². The van der Waals surface area contributed by atoms with Crippen LogP contribution in [0.1, 0.15) is 12.8 Å². The van der Waals surface area contributed by atoms with Crippen LogP contribution < -0.4 is 4.90 Å². The third-order valence-corrected chi connectivity index (χ3v) is 6.60. The number of piperidine rings is 1. The minimum atomic E-state index is -0.393. The number of aromatic nitrogens is 2. The summed E-state index contributed by atoms with van der Waals surface area (Å²) in [6, 6.07) is 9.23. The number of aromatic amines is 1. The van der Waals surface area contributed by atoms with Crippen molar-refractivity contribution in [3.05, 3.63) is 48.0 Å². The number of halogens is 2. The molecule has 0 aliphatic carbocycles. The second kappa shape index (κ2) is 8.50. The molecule has 0 saturated carbocycles. The number of hydrogen-bond acceptors (Lipinski definition) is 4. The van der Waals surface area contributed by atoms with E-state index >= 15 is 0 Å². The summed E-state index contributed by atoms with van der Waals surface area (Å²) in [7, 11) is 2.08. The van der Waals surface area contributed by atoms with Crippen LogP contribution in [0, 0.1) is 17.6 Å². The molecule has 2 aliphatic heterocycles. The molecule has 5 rings (SSSR count). The number of piperazine rings is 1. The largest absolute Gasteiger partial charge is 0.371 e. The van der Waals surface area contributed by atoms with E-state index in [9.17, 15) is 13.6 Å². The molecule has 32 heavy (non-hydrogen) atoms. The number of H-pyrrole nitrogens is 1. The lowest BCUT2D eigenvalue weighted by Gasteiger charge is -2.39. The van der Waals surface area contributed by atoms with Crippen molar-refractivity contribution >= 4 is 22.6 Å². The fourth-order valence-electron chi connectivity index (χ4n) is 4.70. The maximum absolute atomic E-state index is 14.7. The van der Waals surface area contributed by atoms with Crippen molar-refractivity contribution in [2.45, 2.75) is 12.8 Å². The maximum atomic E-state index is 14.7. The zero-order valence-corrected chi connectivity index (χ0v) is 18.2. The van der Waals surface area contributed by atoms with Gasteiger partial charge in [-0.1, -0.05) is 0 Å². The van der Waals surface area contributed by atoms with Crippen molar-refractivity contribution in [3.63, 3.8) is 0 Å². The number of hydrogen-bond donors (Lipinski definition) is 1. The van der Waals surface area contributed by atoms with Crippen molar-refractivity contribution in [2.75, 3.05) is 51.2 Å². The molecule has 0 spiro atoms. The third kappa shape index (κ3) is 4.07. The summed E-state index contributed by atoms with van der Waals surface area (Å²) in [5.41, 5.74) is 2.32. The number of likely N-dealkylation sites (N-methyl/N-ethyl adjacent to an activating group) is 1.